The van der Waals surface area contributed by atoms with Crippen LogP contribution in [0.3, 0.4) is 0 Å². The molecule has 0 spiro atoms. The van der Waals surface area contributed by atoms with Gasteiger partial charge in [0.2, 0.25) is 0 Å². The molecule has 0 saturated carbocycles. The van der Waals surface area contributed by atoms with E-state index in [1.807, 2.05) is 26.0 Å². The highest BCUT2D eigenvalue weighted by Gasteiger charge is 2.35. The maximum atomic E-state index is 12.3. The Morgan fingerprint density at radius 3 is 2.47 bits per heavy atom. The number of aryl methyl sites for hydroxylation is 1. The van der Waals surface area contributed by atoms with Crippen LogP contribution >= 0.6 is 0 Å². The lowest BCUT2D eigenvalue weighted by Crippen LogP contribution is -2.52. The van der Waals surface area contributed by atoms with Crippen LogP contribution in [0.2, 0.25) is 0 Å². The summed E-state index contributed by atoms with van der Waals surface area (Å²) in [6.07, 6.45) is 1.32. The Balaban J connectivity index is 2.95. The molecular formula is C15H21NO3. The molecule has 4 nitrogen and oxygen atoms in total. The number of ether oxygens (including phenoxy) is 1. The minimum atomic E-state index is -0.983. The average molecular weight is 263 g/mol. The van der Waals surface area contributed by atoms with E-state index in [2.05, 4.69) is 5.32 Å². The molecule has 1 amide bonds. The second kappa shape index (κ2) is 6.36. The summed E-state index contributed by atoms with van der Waals surface area (Å²) in [5.41, 5.74) is 0.473. The van der Waals surface area contributed by atoms with E-state index < -0.39 is 11.5 Å². The molecule has 104 valence electrons. The Kier molecular flexibility index (Phi) is 5.10. The molecule has 1 aromatic carbocycles. The van der Waals surface area contributed by atoms with E-state index in [1.165, 1.54) is 7.11 Å². The number of esters is 1. The summed E-state index contributed by atoms with van der Waals surface area (Å²) in [6, 6.07) is 7.29. The molecule has 0 heterocycles. The molecule has 0 radical (unpaired) electrons. The lowest BCUT2D eigenvalue weighted by Gasteiger charge is -2.27. The molecule has 0 aromatic heterocycles. The molecule has 0 fully saturated rings. The van der Waals surface area contributed by atoms with Crippen molar-refractivity contribution in [1.29, 1.82) is 0 Å². The third kappa shape index (κ3) is 3.56. The standard InChI is InChI=1S/C15H21NO3/c1-5-10-15(3,14(18)19-4)16-13(17)12-9-7-6-8-11(12)2/h6-9H,5,10H2,1-4H3,(H,16,17). The summed E-state index contributed by atoms with van der Waals surface area (Å²) in [5.74, 6) is -0.671. The van der Waals surface area contributed by atoms with Gasteiger partial charge < -0.3 is 10.1 Å². The predicted molar refractivity (Wildman–Crippen MR) is 74.0 cm³/mol. The molecule has 0 aliphatic carbocycles. The van der Waals surface area contributed by atoms with Crippen LogP contribution in [0.15, 0.2) is 24.3 Å². The highest BCUT2D eigenvalue weighted by Crippen LogP contribution is 2.16. The maximum Gasteiger partial charge on any atom is 0.331 e. The molecule has 0 aliphatic rings. The smallest absolute Gasteiger partial charge is 0.331 e. The molecule has 19 heavy (non-hydrogen) atoms. The third-order valence-electron chi connectivity index (χ3n) is 3.17. The van der Waals surface area contributed by atoms with Crippen LogP contribution in [0, 0.1) is 6.92 Å². The van der Waals surface area contributed by atoms with Crippen molar-refractivity contribution in [3.05, 3.63) is 35.4 Å². The van der Waals surface area contributed by atoms with Gasteiger partial charge in [0.15, 0.2) is 0 Å². The SMILES string of the molecule is CCCC(C)(NC(=O)c1ccccc1C)C(=O)OC. The van der Waals surface area contributed by atoms with Crippen LogP contribution in [-0.4, -0.2) is 24.5 Å². The fourth-order valence-electron chi connectivity index (χ4n) is 2.09. The summed E-state index contributed by atoms with van der Waals surface area (Å²) in [6.45, 7) is 5.52. The normalized spacial score (nSPS) is 13.5. The van der Waals surface area contributed by atoms with Gasteiger partial charge in [-0.05, 0) is 31.9 Å². The number of nitrogens with one attached hydrogen (secondary N) is 1. The quantitative estimate of drug-likeness (QED) is 0.830. The number of benzene rings is 1. The van der Waals surface area contributed by atoms with E-state index in [0.29, 0.717) is 12.0 Å². The minimum absolute atomic E-state index is 0.251. The van der Waals surface area contributed by atoms with Crippen LogP contribution in [0.4, 0.5) is 0 Å². The van der Waals surface area contributed by atoms with Gasteiger partial charge in [-0.1, -0.05) is 31.5 Å². The van der Waals surface area contributed by atoms with Crippen molar-refractivity contribution in [3.8, 4) is 0 Å². The number of methoxy groups -OCH3 is 1. The zero-order chi connectivity index (χ0) is 14.5. The van der Waals surface area contributed by atoms with E-state index in [0.717, 1.165) is 12.0 Å². The van der Waals surface area contributed by atoms with Crippen LogP contribution in [0.1, 0.15) is 42.6 Å². The Bertz CT molecular complexity index is 470. The van der Waals surface area contributed by atoms with Crippen molar-refractivity contribution >= 4 is 11.9 Å². The van der Waals surface area contributed by atoms with Crippen molar-refractivity contribution in [2.45, 2.75) is 39.2 Å². The molecule has 1 aromatic rings. The molecule has 0 saturated heterocycles. The van der Waals surface area contributed by atoms with Crippen molar-refractivity contribution < 1.29 is 14.3 Å². The zero-order valence-electron chi connectivity index (χ0n) is 11.9. The van der Waals surface area contributed by atoms with E-state index in [1.54, 1.807) is 19.1 Å². The van der Waals surface area contributed by atoms with Gasteiger partial charge in [-0.25, -0.2) is 4.79 Å². The molecule has 4 heteroatoms. The van der Waals surface area contributed by atoms with E-state index in [4.69, 9.17) is 4.74 Å². The predicted octanol–water partition coefficient (Wildman–Crippen LogP) is 2.46. The highest BCUT2D eigenvalue weighted by molar-refractivity contribution is 5.99. The van der Waals surface area contributed by atoms with Gasteiger partial charge in [-0.15, -0.1) is 0 Å². The fourth-order valence-corrected chi connectivity index (χ4v) is 2.09. The molecule has 1 rings (SSSR count). The Morgan fingerprint density at radius 2 is 1.95 bits per heavy atom. The summed E-state index contributed by atoms with van der Waals surface area (Å²) in [4.78, 5) is 24.1. The number of carbonyl (C=O) groups excluding carboxylic acids is 2. The third-order valence-corrected chi connectivity index (χ3v) is 3.17. The largest absolute Gasteiger partial charge is 0.467 e. The second-order valence-corrected chi connectivity index (χ2v) is 4.84. The van der Waals surface area contributed by atoms with Gasteiger partial charge in [-0.3, -0.25) is 4.79 Å². The number of rotatable bonds is 5. The minimum Gasteiger partial charge on any atom is -0.467 e. The Hall–Kier alpha value is -1.84. The second-order valence-electron chi connectivity index (χ2n) is 4.84. The van der Waals surface area contributed by atoms with Gasteiger partial charge in [-0.2, -0.15) is 0 Å². The first-order chi connectivity index (χ1) is 8.94. The number of amides is 1. The fraction of sp³-hybridized carbons (Fsp3) is 0.467. The van der Waals surface area contributed by atoms with Crippen molar-refractivity contribution in [3.63, 3.8) is 0 Å². The molecule has 1 atom stereocenters. The first-order valence-corrected chi connectivity index (χ1v) is 6.41. The van der Waals surface area contributed by atoms with Crippen LogP contribution in [0.5, 0.6) is 0 Å². The van der Waals surface area contributed by atoms with E-state index in [-0.39, 0.29) is 5.91 Å². The number of hydrogen-bond donors (Lipinski definition) is 1. The lowest BCUT2D eigenvalue weighted by atomic mass is 9.95. The summed E-state index contributed by atoms with van der Waals surface area (Å²) < 4.78 is 4.78. The summed E-state index contributed by atoms with van der Waals surface area (Å²) in [7, 11) is 1.33. The van der Waals surface area contributed by atoms with Gasteiger partial charge in [0, 0.05) is 5.56 Å². The van der Waals surface area contributed by atoms with Gasteiger partial charge in [0.05, 0.1) is 7.11 Å². The molecule has 1 N–H and O–H groups in total. The number of hydrogen-bond acceptors (Lipinski definition) is 3. The Morgan fingerprint density at radius 1 is 1.32 bits per heavy atom. The molecule has 0 aliphatic heterocycles. The monoisotopic (exact) mass is 263 g/mol. The first kappa shape index (κ1) is 15.2. The van der Waals surface area contributed by atoms with Crippen molar-refractivity contribution in [2.75, 3.05) is 7.11 Å². The van der Waals surface area contributed by atoms with Crippen molar-refractivity contribution in [1.82, 2.24) is 5.32 Å². The summed E-state index contributed by atoms with van der Waals surface area (Å²) in [5, 5.41) is 2.79. The molecular weight excluding hydrogens is 242 g/mol. The van der Waals surface area contributed by atoms with Crippen LogP contribution in [0.25, 0.3) is 0 Å². The molecule has 1 unspecified atom stereocenters. The molecule has 0 bridgehead atoms. The Labute approximate surface area is 114 Å². The van der Waals surface area contributed by atoms with Gasteiger partial charge >= 0.3 is 5.97 Å². The van der Waals surface area contributed by atoms with E-state index in [9.17, 15) is 9.59 Å². The maximum absolute atomic E-state index is 12.3. The topological polar surface area (TPSA) is 55.4 Å². The lowest BCUT2D eigenvalue weighted by molar-refractivity contribution is -0.147. The van der Waals surface area contributed by atoms with Gasteiger partial charge in [0.25, 0.3) is 5.91 Å². The van der Waals surface area contributed by atoms with Crippen LogP contribution in [-0.2, 0) is 9.53 Å². The highest BCUT2D eigenvalue weighted by atomic mass is 16.5. The average Bonchev–Trinajstić information content (AvgIpc) is 2.38. The zero-order valence-corrected chi connectivity index (χ0v) is 11.9. The summed E-state index contributed by atoms with van der Waals surface area (Å²) >= 11 is 0. The van der Waals surface area contributed by atoms with Gasteiger partial charge in [0.1, 0.15) is 5.54 Å². The van der Waals surface area contributed by atoms with E-state index >= 15 is 0 Å². The number of carbonyl (C=O) groups is 2. The first-order valence-electron chi connectivity index (χ1n) is 6.41. The van der Waals surface area contributed by atoms with Crippen LogP contribution < -0.4 is 5.32 Å². The van der Waals surface area contributed by atoms with Crippen molar-refractivity contribution in [2.24, 2.45) is 0 Å².